The summed E-state index contributed by atoms with van der Waals surface area (Å²) in [7, 11) is 0. The topological polar surface area (TPSA) is 64.3 Å². The van der Waals surface area contributed by atoms with E-state index < -0.39 is 0 Å². The molecule has 0 saturated carbocycles. The Morgan fingerprint density at radius 3 is 2.79 bits per heavy atom. The van der Waals surface area contributed by atoms with E-state index in [4.69, 9.17) is 0 Å². The van der Waals surface area contributed by atoms with E-state index in [0.29, 0.717) is 6.54 Å². The third-order valence-electron chi connectivity index (χ3n) is 4.59. The van der Waals surface area contributed by atoms with Gasteiger partial charge < -0.3 is 10.2 Å². The van der Waals surface area contributed by atoms with Crippen LogP contribution in [0.2, 0.25) is 0 Å². The molecule has 24 heavy (non-hydrogen) atoms. The number of amides is 2. The number of nitrogens with one attached hydrogen (secondary N) is 2. The second-order valence-corrected chi connectivity index (χ2v) is 6.44. The quantitative estimate of drug-likeness (QED) is 0.904. The van der Waals surface area contributed by atoms with Crippen molar-refractivity contribution in [3.05, 3.63) is 53.3 Å². The van der Waals surface area contributed by atoms with E-state index in [2.05, 4.69) is 51.6 Å². The number of H-pyrrole nitrogens is 1. The highest BCUT2D eigenvalue weighted by molar-refractivity contribution is 5.74. The molecule has 1 aliphatic heterocycles. The maximum Gasteiger partial charge on any atom is 0.317 e. The first-order valence-corrected chi connectivity index (χ1v) is 8.43. The summed E-state index contributed by atoms with van der Waals surface area (Å²) in [6.07, 6.45) is 1.76. The maximum absolute atomic E-state index is 12.4. The molecule has 128 valence electrons. The normalized spacial score (nSPS) is 18.6. The number of piperazine rings is 1. The molecule has 6 nitrogen and oxygen atoms in total. The van der Waals surface area contributed by atoms with Crippen molar-refractivity contribution in [2.75, 3.05) is 19.6 Å². The smallest absolute Gasteiger partial charge is 0.317 e. The summed E-state index contributed by atoms with van der Waals surface area (Å²) < 4.78 is 0. The second-order valence-electron chi connectivity index (χ2n) is 6.44. The Morgan fingerprint density at radius 1 is 1.33 bits per heavy atom. The zero-order valence-electron chi connectivity index (χ0n) is 14.3. The highest BCUT2D eigenvalue weighted by atomic mass is 16.2. The van der Waals surface area contributed by atoms with Crippen molar-refractivity contribution in [3.8, 4) is 0 Å². The minimum Gasteiger partial charge on any atom is -0.334 e. The van der Waals surface area contributed by atoms with Crippen LogP contribution in [-0.4, -0.2) is 51.7 Å². The molecule has 2 N–H and O–H groups in total. The van der Waals surface area contributed by atoms with Crippen LogP contribution in [0, 0.1) is 6.92 Å². The average molecular weight is 327 g/mol. The lowest BCUT2D eigenvalue weighted by molar-refractivity contribution is 0.0973. The number of rotatable bonds is 4. The van der Waals surface area contributed by atoms with Crippen LogP contribution in [-0.2, 0) is 13.1 Å². The minimum absolute atomic E-state index is 0.00228. The molecule has 2 amide bonds. The van der Waals surface area contributed by atoms with Crippen LogP contribution in [0.25, 0.3) is 0 Å². The van der Waals surface area contributed by atoms with Gasteiger partial charge in [-0.3, -0.25) is 10.00 Å². The predicted octanol–water partition coefficient (Wildman–Crippen LogP) is 2.13. The van der Waals surface area contributed by atoms with Crippen molar-refractivity contribution in [1.29, 1.82) is 0 Å². The number of aryl methyl sites for hydroxylation is 1. The number of hydrogen-bond acceptors (Lipinski definition) is 3. The number of carbonyl (C=O) groups excluding carboxylic acids is 1. The Hall–Kier alpha value is -2.34. The molecule has 1 aromatic heterocycles. The zero-order valence-corrected chi connectivity index (χ0v) is 14.3. The molecular formula is C18H25N5O. The van der Waals surface area contributed by atoms with Crippen molar-refractivity contribution in [3.63, 3.8) is 0 Å². The molecule has 2 heterocycles. The first-order valence-electron chi connectivity index (χ1n) is 8.43. The van der Waals surface area contributed by atoms with Crippen molar-refractivity contribution in [1.82, 2.24) is 25.3 Å². The van der Waals surface area contributed by atoms with Crippen LogP contribution in [0.5, 0.6) is 0 Å². The summed E-state index contributed by atoms with van der Waals surface area (Å²) in [5.74, 6) is 0. The lowest BCUT2D eigenvalue weighted by Gasteiger charge is -2.39. The fraction of sp³-hybridized carbons (Fsp3) is 0.444. The van der Waals surface area contributed by atoms with Gasteiger partial charge in [-0.05, 0) is 19.4 Å². The Balaban J connectivity index is 1.50. The Morgan fingerprint density at radius 2 is 2.12 bits per heavy atom. The minimum atomic E-state index is 0.00228. The van der Waals surface area contributed by atoms with Crippen molar-refractivity contribution < 1.29 is 4.79 Å². The number of aromatic amines is 1. The Bertz CT molecular complexity index is 669. The monoisotopic (exact) mass is 327 g/mol. The van der Waals surface area contributed by atoms with Crippen LogP contribution in [0.1, 0.15) is 23.7 Å². The molecule has 0 spiro atoms. The first kappa shape index (κ1) is 16.5. The fourth-order valence-electron chi connectivity index (χ4n) is 3.15. The Kier molecular flexibility index (Phi) is 5.15. The average Bonchev–Trinajstić information content (AvgIpc) is 2.99. The molecule has 0 unspecified atom stereocenters. The van der Waals surface area contributed by atoms with E-state index in [1.807, 2.05) is 17.9 Å². The highest BCUT2D eigenvalue weighted by Crippen LogP contribution is 2.13. The fourth-order valence-corrected chi connectivity index (χ4v) is 3.15. The van der Waals surface area contributed by atoms with Gasteiger partial charge in [-0.25, -0.2) is 4.79 Å². The molecule has 0 aliphatic carbocycles. The Labute approximate surface area is 142 Å². The predicted molar refractivity (Wildman–Crippen MR) is 93.4 cm³/mol. The van der Waals surface area contributed by atoms with Gasteiger partial charge in [0, 0.05) is 50.0 Å². The molecule has 1 aliphatic rings. The van der Waals surface area contributed by atoms with Gasteiger partial charge in [0.15, 0.2) is 0 Å². The van der Waals surface area contributed by atoms with Crippen LogP contribution < -0.4 is 5.32 Å². The summed E-state index contributed by atoms with van der Waals surface area (Å²) in [5, 5.41) is 9.87. The molecule has 0 bridgehead atoms. The summed E-state index contributed by atoms with van der Waals surface area (Å²) in [4.78, 5) is 16.8. The van der Waals surface area contributed by atoms with Gasteiger partial charge in [-0.2, -0.15) is 5.10 Å². The SMILES string of the molecule is Cc1[nH]ncc1CNC(=O)N1CCN(Cc2ccccc2)C[C@H]1C. The van der Waals surface area contributed by atoms with Crippen LogP contribution in [0.4, 0.5) is 4.79 Å². The van der Waals surface area contributed by atoms with Gasteiger partial charge in [0.25, 0.3) is 0 Å². The highest BCUT2D eigenvalue weighted by Gasteiger charge is 2.27. The number of carbonyl (C=O) groups is 1. The molecule has 3 rings (SSSR count). The summed E-state index contributed by atoms with van der Waals surface area (Å²) in [6, 6.07) is 10.7. The lowest BCUT2D eigenvalue weighted by Crippen LogP contribution is -2.56. The van der Waals surface area contributed by atoms with Crippen molar-refractivity contribution >= 4 is 6.03 Å². The summed E-state index contributed by atoms with van der Waals surface area (Å²) >= 11 is 0. The third-order valence-corrected chi connectivity index (χ3v) is 4.59. The largest absolute Gasteiger partial charge is 0.334 e. The van der Waals surface area contributed by atoms with E-state index >= 15 is 0 Å². The van der Waals surface area contributed by atoms with Crippen LogP contribution in [0.3, 0.4) is 0 Å². The van der Waals surface area contributed by atoms with E-state index in [9.17, 15) is 4.79 Å². The van der Waals surface area contributed by atoms with E-state index in [1.54, 1.807) is 6.20 Å². The molecule has 1 aromatic carbocycles. The summed E-state index contributed by atoms with van der Waals surface area (Å²) in [5.41, 5.74) is 3.34. The number of hydrogen-bond donors (Lipinski definition) is 2. The molecule has 1 atom stereocenters. The van der Waals surface area contributed by atoms with Crippen LogP contribution >= 0.6 is 0 Å². The molecule has 1 fully saturated rings. The molecule has 6 heteroatoms. The first-order chi connectivity index (χ1) is 11.6. The van der Waals surface area contributed by atoms with Gasteiger partial charge in [0.1, 0.15) is 0 Å². The third kappa shape index (κ3) is 3.94. The number of nitrogens with zero attached hydrogens (tertiary/aromatic N) is 3. The molecule has 1 saturated heterocycles. The number of benzene rings is 1. The lowest BCUT2D eigenvalue weighted by atomic mass is 10.1. The van der Waals surface area contributed by atoms with E-state index in [0.717, 1.165) is 37.4 Å². The summed E-state index contributed by atoms with van der Waals surface area (Å²) in [6.45, 7) is 8.07. The van der Waals surface area contributed by atoms with E-state index in [-0.39, 0.29) is 12.1 Å². The van der Waals surface area contributed by atoms with E-state index in [1.165, 1.54) is 5.56 Å². The zero-order chi connectivity index (χ0) is 16.9. The van der Waals surface area contributed by atoms with Gasteiger partial charge >= 0.3 is 6.03 Å². The second kappa shape index (κ2) is 7.49. The van der Waals surface area contributed by atoms with Gasteiger partial charge in [-0.1, -0.05) is 30.3 Å². The van der Waals surface area contributed by atoms with Crippen molar-refractivity contribution in [2.45, 2.75) is 33.0 Å². The molecule has 0 radical (unpaired) electrons. The van der Waals surface area contributed by atoms with Gasteiger partial charge in [0.2, 0.25) is 0 Å². The van der Waals surface area contributed by atoms with Crippen LogP contribution in [0.15, 0.2) is 36.5 Å². The van der Waals surface area contributed by atoms with Crippen molar-refractivity contribution in [2.24, 2.45) is 0 Å². The molecular weight excluding hydrogens is 302 g/mol. The number of urea groups is 1. The standard InChI is InChI=1S/C18H25N5O/c1-14-12-22(13-16-6-4-3-5-7-16)8-9-23(14)18(24)19-10-17-11-20-21-15(17)2/h3-7,11,14H,8-10,12-13H2,1-2H3,(H,19,24)(H,20,21)/t14-/m1/s1. The maximum atomic E-state index is 12.4. The molecule has 2 aromatic rings. The number of aromatic nitrogens is 2. The van der Waals surface area contributed by atoms with Gasteiger partial charge in [-0.15, -0.1) is 0 Å². The van der Waals surface area contributed by atoms with Gasteiger partial charge in [0.05, 0.1) is 6.20 Å².